The standard InChI is InChI=1S/C12H15N3O2/c1-15-7-11(13)12(14-15)17-8-9-4-3-5-10(6-9)16-2/h3-7H,8,13H2,1-2H3. The zero-order valence-corrected chi connectivity index (χ0v) is 9.88. The Bertz CT molecular complexity index is 508. The number of nitrogens with two attached hydrogens (primary N) is 1. The van der Waals surface area contributed by atoms with E-state index in [0.717, 1.165) is 11.3 Å². The van der Waals surface area contributed by atoms with Crippen LogP contribution < -0.4 is 15.2 Å². The molecule has 0 aliphatic rings. The minimum Gasteiger partial charge on any atom is -0.497 e. The number of methoxy groups -OCH3 is 1. The Morgan fingerprint density at radius 3 is 2.88 bits per heavy atom. The van der Waals surface area contributed by atoms with E-state index in [9.17, 15) is 0 Å². The van der Waals surface area contributed by atoms with Crippen molar-refractivity contribution >= 4 is 5.69 Å². The number of hydrogen-bond donors (Lipinski definition) is 1. The lowest BCUT2D eigenvalue weighted by Crippen LogP contribution is -1.99. The maximum Gasteiger partial charge on any atom is 0.256 e. The van der Waals surface area contributed by atoms with E-state index in [-0.39, 0.29) is 0 Å². The van der Waals surface area contributed by atoms with Gasteiger partial charge < -0.3 is 15.2 Å². The smallest absolute Gasteiger partial charge is 0.256 e. The van der Waals surface area contributed by atoms with Gasteiger partial charge in [-0.2, -0.15) is 0 Å². The van der Waals surface area contributed by atoms with E-state index in [1.807, 2.05) is 24.3 Å². The van der Waals surface area contributed by atoms with Crippen molar-refractivity contribution in [2.24, 2.45) is 7.05 Å². The fourth-order valence-corrected chi connectivity index (χ4v) is 1.51. The summed E-state index contributed by atoms with van der Waals surface area (Å²) >= 11 is 0. The van der Waals surface area contributed by atoms with E-state index >= 15 is 0 Å². The summed E-state index contributed by atoms with van der Waals surface area (Å²) in [4.78, 5) is 0. The van der Waals surface area contributed by atoms with Crippen molar-refractivity contribution in [2.75, 3.05) is 12.8 Å². The lowest BCUT2D eigenvalue weighted by Gasteiger charge is -2.05. The summed E-state index contributed by atoms with van der Waals surface area (Å²) in [7, 11) is 3.44. The van der Waals surface area contributed by atoms with Gasteiger partial charge in [0, 0.05) is 7.05 Å². The van der Waals surface area contributed by atoms with Crippen molar-refractivity contribution < 1.29 is 9.47 Å². The topological polar surface area (TPSA) is 62.3 Å². The van der Waals surface area contributed by atoms with Crippen molar-refractivity contribution in [3.05, 3.63) is 36.0 Å². The second-order valence-electron chi connectivity index (χ2n) is 3.70. The number of ether oxygens (including phenoxy) is 2. The highest BCUT2D eigenvalue weighted by Gasteiger charge is 2.05. The van der Waals surface area contributed by atoms with Gasteiger partial charge in [0.15, 0.2) is 0 Å². The quantitative estimate of drug-likeness (QED) is 0.871. The summed E-state index contributed by atoms with van der Waals surface area (Å²) < 4.78 is 12.3. The lowest BCUT2D eigenvalue weighted by molar-refractivity contribution is 0.291. The molecule has 90 valence electrons. The van der Waals surface area contributed by atoms with Crippen LogP contribution in [0.3, 0.4) is 0 Å². The van der Waals surface area contributed by atoms with Crippen LogP contribution in [0.15, 0.2) is 30.5 Å². The molecule has 0 aliphatic carbocycles. The first kappa shape index (κ1) is 11.3. The van der Waals surface area contributed by atoms with Crippen LogP contribution >= 0.6 is 0 Å². The third-order valence-electron chi connectivity index (χ3n) is 2.33. The summed E-state index contributed by atoms with van der Waals surface area (Å²) in [5.74, 6) is 1.26. The number of nitrogens with zero attached hydrogens (tertiary/aromatic N) is 2. The van der Waals surface area contributed by atoms with Gasteiger partial charge in [0.05, 0.1) is 13.3 Å². The summed E-state index contributed by atoms with van der Waals surface area (Å²) in [6.45, 7) is 0.415. The second kappa shape index (κ2) is 4.78. The molecule has 5 nitrogen and oxygen atoms in total. The van der Waals surface area contributed by atoms with E-state index in [1.54, 1.807) is 25.0 Å². The molecular formula is C12H15N3O2. The molecule has 0 bridgehead atoms. The summed E-state index contributed by atoms with van der Waals surface area (Å²) in [6, 6.07) is 7.68. The van der Waals surface area contributed by atoms with Gasteiger partial charge in [-0.05, 0) is 17.7 Å². The molecule has 17 heavy (non-hydrogen) atoms. The molecule has 0 amide bonds. The van der Waals surface area contributed by atoms with Crippen molar-refractivity contribution in [1.29, 1.82) is 0 Å². The van der Waals surface area contributed by atoms with Crippen LogP contribution in [0, 0.1) is 0 Å². The zero-order valence-electron chi connectivity index (χ0n) is 9.88. The Kier molecular flexibility index (Phi) is 3.18. The second-order valence-corrected chi connectivity index (χ2v) is 3.70. The normalized spacial score (nSPS) is 10.2. The highest BCUT2D eigenvalue weighted by Crippen LogP contribution is 2.20. The largest absolute Gasteiger partial charge is 0.497 e. The Hall–Kier alpha value is -2.17. The van der Waals surface area contributed by atoms with E-state index in [2.05, 4.69) is 5.10 Å². The fraction of sp³-hybridized carbons (Fsp3) is 0.250. The monoisotopic (exact) mass is 233 g/mol. The molecule has 0 spiro atoms. The van der Waals surface area contributed by atoms with Crippen LogP contribution in [0.1, 0.15) is 5.56 Å². The Balaban J connectivity index is 2.04. The van der Waals surface area contributed by atoms with Crippen molar-refractivity contribution in [2.45, 2.75) is 6.61 Å². The third-order valence-corrected chi connectivity index (χ3v) is 2.33. The summed E-state index contributed by atoms with van der Waals surface area (Å²) in [5.41, 5.74) is 7.27. The molecule has 5 heteroatoms. The van der Waals surface area contributed by atoms with Crippen LogP contribution in [0.25, 0.3) is 0 Å². The number of rotatable bonds is 4. The van der Waals surface area contributed by atoms with Crippen LogP contribution in [0.5, 0.6) is 11.6 Å². The molecule has 0 saturated carbocycles. The summed E-state index contributed by atoms with van der Waals surface area (Å²) in [5, 5.41) is 4.11. The average Bonchev–Trinajstić information content (AvgIpc) is 2.65. The van der Waals surface area contributed by atoms with Gasteiger partial charge in [0.1, 0.15) is 18.0 Å². The van der Waals surface area contributed by atoms with Crippen LogP contribution in [0.2, 0.25) is 0 Å². The van der Waals surface area contributed by atoms with E-state index in [0.29, 0.717) is 18.2 Å². The van der Waals surface area contributed by atoms with Gasteiger partial charge >= 0.3 is 0 Å². The van der Waals surface area contributed by atoms with Gasteiger partial charge in [-0.15, -0.1) is 5.10 Å². The molecule has 0 atom stereocenters. The molecule has 0 unspecified atom stereocenters. The highest BCUT2D eigenvalue weighted by molar-refractivity contribution is 5.45. The molecule has 1 aromatic carbocycles. The predicted molar refractivity (Wildman–Crippen MR) is 64.9 cm³/mol. The van der Waals surface area contributed by atoms with Gasteiger partial charge in [-0.1, -0.05) is 12.1 Å². The number of benzene rings is 1. The Labute approximate surface area is 99.8 Å². The number of hydrogen-bond acceptors (Lipinski definition) is 4. The Morgan fingerprint density at radius 2 is 2.24 bits per heavy atom. The number of aryl methyl sites for hydroxylation is 1. The zero-order chi connectivity index (χ0) is 12.3. The predicted octanol–water partition coefficient (Wildman–Crippen LogP) is 1.59. The molecule has 2 rings (SSSR count). The Morgan fingerprint density at radius 1 is 1.41 bits per heavy atom. The van der Waals surface area contributed by atoms with Crippen molar-refractivity contribution in [1.82, 2.24) is 9.78 Å². The first-order chi connectivity index (χ1) is 8.19. The van der Waals surface area contributed by atoms with Crippen molar-refractivity contribution in [3.8, 4) is 11.6 Å². The fourth-order valence-electron chi connectivity index (χ4n) is 1.51. The maximum atomic E-state index is 5.73. The van der Waals surface area contributed by atoms with E-state index in [1.165, 1.54) is 0 Å². The minimum absolute atomic E-state index is 0.415. The molecule has 2 aromatic rings. The molecule has 0 radical (unpaired) electrons. The highest BCUT2D eigenvalue weighted by atomic mass is 16.5. The molecule has 0 fully saturated rings. The first-order valence-electron chi connectivity index (χ1n) is 5.24. The van der Waals surface area contributed by atoms with Crippen LogP contribution in [-0.4, -0.2) is 16.9 Å². The lowest BCUT2D eigenvalue weighted by atomic mass is 10.2. The van der Waals surface area contributed by atoms with Crippen LogP contribution in [0.4, 0.5) is 5.69 Å². The molecule has 2 N–H and O–H groups in total. The SMILES string of the molecule is COc1cccc(COc2nn(C)cc2N)c1. The van der Waals surface area contributed by atoms with Gasteiger partial charge in [0.2, 0.25) is 0 Å². The van der Waals surface area contributed by atoms with Gasteiger partial charge in [-0.3, -0.25) is 4.68 Å². The van der Waals surface area contributed by atoms with Gasteiger partial charge in [0.25, 0.3) is 5.88 Å². The average molecular weight is 233 g/mol. The molecule has 0 aliphatic heterocycles. The number of nitrogen functional groups attached to an aromatic ring is 1. The van der Waals surface area contributed by atoms with E-state index in [4.69, 9.17) is 15.2 Å². The van der Waals surface area contributed by atoms with Gasteiger partial charge in [-0.25, -0.2) is 0 Å². The van der Waals surface area contributed by atoms with Crippen LogP contribution in [-0.2, 0) is 13.7 Å². The molecular weight excluding hydrogens is 218 g/mol. The minimum atomic E-state index is 0.415. The van der Waals surface area contributed by atoms with E-state index < -0.39 is 0 Å². The number of aromatic nitrogens is 2. The molecule has 0 saturated heterocycles. The van der Waals surface area contributed by atoms with Crippen molar-refractivity contribution in [3.63, 3.8) is 0 Å². The first-order valence-corrected chi connectivity index (χ1v) is 5.24. The molecule has 1 heterocycles. The summed E-state index contributed by atoms with van der Waals surface area (Å²) in [6.07, 6.45) is 1.71. The third kappa shape index (κ3) is 2.69. The molecule has 1 aromatic heterocycles. The number of anilines is 1. The maximum absolute atomic E-state index is 5.73.